The monoisotopic (exact) mass is 502 g/mol. The molecule has 4 aromatic rings. The lowest BCUT2D eigenvalue weighted by Gasteiger charge is -2.45. The number of hydrogen-bond donors (Lipinski definition) is 0. The van der Waals surface area contributed by atoms with Crippen LogP contribution in [0.4, 0.5) is 5.82 Å². The molecule has 0 spiro atoms. The molecule has 3 aromatic heterocycles. The number of para-hydroxylation sites is 2. The van der Waals surface area contributed by atoms with E-state index in [0.717, 1.165) is 98.3 Å². The van der Waals surface area contributed by atoms with E-state index in [2.05, 4.69) is 45.0 Å². The summed E-state index contributed by atoms with van der Waals surface area (Å²) in [6.07, 6.45) is 3.05. The van der Waals surface area contributed by atoms with Crippen molar-refractivity contribution in [2.75, 3.05) is 57.5 Å². The van der Waals surface area contributed by atoms with Crippen molar-refractivity contribution in [3.8, 4) is 5.95 Å². The number of benzene rings is 1. The Morgan fingerprint density at radius 3 is 2.46 bits per heavy atom. The first-order chi connectivity index (χ1) is 18.2. The highest BCUT2D eigenvalue weighted by molar-refractivity contribution is 5.86. The summed E-state index contributed by atoms with van der Waals surface area (Å²) in [5.41, 5.74) is 3.76. The van der Waals surface area contributed by atoms with Crippen LogP contribution in [0.2, 0.25) is 0 Å². The second kappa shape index (κ2) is 9.34. The van der Waals surface area contributed by atoms with Gasteiger partial charge in [-0.3, -0.25) is 9.47 Å². The summed E-state index contributed by atoms with van der Waals surface area (Å²) in [6.45, 7) is 8.94. The van der Waals surface area contributed by atoms with E-state index in [0.29, 0.717) is 31.1 Å². The van der Waals surface area contributed by atoms with Crippen LogP contribution >= 0.6 is 0 Å². The summed E-state index contributed by atoms with van der Waals surface area (Å²) in [5, 5.41) is 0. The van der Waals surface area contributed by atoms with Crippen molar-refractivity contribution in [3.63, 3.8) is 0 Å². The van der Waals surface area contributed by atoms with E-state index in [1.54, 1.807) is 0 Å². The predicted molar refractivity (Wildman–Crippen MR) is 141 cm³/mol. The van der Waals surface area contributed by atoms with Gasteiger partial charge in [0.1, 0.15) is 11.6 Å². The van der Waals surface area contributed by atoms with E-state index in [9.17, 15) is 0 Å². The van der Waals surface area contributed by atoms with Gasteiger partial charge in [-0.25, -0.2) is 9.97 Å². The minimum Gasteiger partial charge on any atom is -0.381 e. The number of ether oxygens (including phenoxy) is 2. The Bertz CT molecular complexity index is 1430. The summed E-state index contributed by atoms with van der Waals surface area (Å²) in [6, 6.07) is 8.85. The third kappa shape index (κ3) is 3.89. The normalized spacial score (nSPS) is 20.2. The zero-order valence-electron chi connectivity index (χ0n) is 21.6. The fraction of sp³-hybridized carbons (Fsp3) is 0.556. The second-order valence-corrected chi connectivity index (χ2v) is 10.3. The van der Waals surface area contributed by atoms with Gasteiger partial charge in [0.15, 0.2) is 17.0 Å². The van der Waals surface area contributed by atoms with Gasteiger partial charge >= 0.3 is 0 Å². The molecular formula is C27H34N8O2. The molecule has 10 nitrogen and oxygen atoms in total. The number of anilines is 1. The van der Waals surface area contributed by atoms with Crippen LogP contribution in [-0.2, 0) is 22.9 Å². The van der Waals surface area contributed by atoms with Crippen LogP contribution in [0.5, 0.6) is 0 Å². The average molecular weight is 503 g/mol. The first-order valence-electron chi connectivity index (χ1n) is 13.6. The highest BCUT2D eigenvalue weighted by atomic mass is 16.5. The number of aryl methyl sites for hydroxylation is 2. The standard InChI is InChI=1S/C27H34N8O2/c1-3-22-28-20-6-4-5-7-21(20)35(22)27-30-25-23(26(31-27)33-10-14-37-15-11-33)29-24(32(25)2)18-16-34(17-18)19-8-12-36-13-9-19/h4-7,18-19H,3,8-17H2,1-2H3. The summed E-state index contributed by atoms with van der Waals surface area (Å²) < 4.78 is 15.5. The van der Waals surface area contributed by atoms with Gasteiger partial charge in [0.2, 0.25) is 5.95 Å². The van der Waals surface area contributed by atoms with Crippen LogP contribution in [0.15, 0.2) is 24.3 Å². The number of fused-ring (bicyclic) bond motifs is 2. The van der Waals surface area contributed by atoms with Crippen molar-refractivity contribution in [1.82, 2.24) is 34.0 Å². The topological polar surface area (TPSA) is 86.4 Å². The van der Waals surface area contributed by atoms with Gasteiger partial charge in [-0.05, 0) is 25.0 Å². The van der Waals surface area contributed by atoms with E-state index >= 15 is 0 Å². The van der Waals surface area contributed by atoms with Gasteiger partial charge in [0.25, 0.3) is 0 Å². The van der Waals surface area contributed by atoms with Crippen LogP contribution in [0.1, 0.15) is 37.3 Å². The molecule has 0 amide bonds. The average Bonchev–Trinajstić information content (AvgIpc) is 3.46. The van der Waals surface area contributed by atoms with Crippen molar-refractivity contribution in [1.29, 1.82) is 0 Å². The number of likely N-dealkylation sites (tertiary alicyclic amines) is 1. The van der Waals surface area contributed by atoms with E-state index in [-0.39, 0.29) is 0 Å². The van der Waals surface area contributed by atoms with Crippen LogP contribution in [0.25, 0.3) is 28.1 Å². The highest BCUT2D eigenvalue weighted by Crippen LogP contribution is 2.35. The predicted octanol–water partition coefficient (Wildman–Crippen LogP) is 2.68. The van der Waals surface area contributed by atoms with Gasteiger partial charge in [0, 0.05) is 64.8 Å². The Kier molecular flexibility index (Phi) is 5.82. The highest BCUT2D eigenvalue weighted by Gasteiger charge is 2.37. The Hall–Kier alpha value is -3.08. The molecule has 6 heterocycles. The first-order valence-corrected chi connectivity index (χ1v) is 13.6. The van der Waals surface area contributed by atoms with E-state index in [4.69, 9.17) is 29.4 Å². The van der Waals surface area contributed by atoms with E-state index in [1.165, 1.54) is 0 Å². The largest absolute Gasteiger partial charge is 0.381 e. The van der Waals surface area contributed by atoms with Crippen molar-refractivity contribution < 1.29 is 9.47 Å². The van der Waals surface area contributed by atoms with Crippen molar-refractivity contribution in [2.24, 2.45) is 7.05 Å². The molecule has 3 fully saturated rings. The van der Waals surface area contributed by atoms with Gasteiger partial charge in [-0.2, -0.15) is 9.97 Å². The fourth-order valence-corrected chi connectivity index (χ4v) is 6.07. The molecule has 3 aliphatic rings. The first kappa shape index (κ1) is 23.1. The Balaban J connectivity index is 1.32. The molecular weight excluding hydrogens is 468 g/mol. The molecule has 0 radical (unpaired) electrons. The SMILES string of the molecule is CCc1nc2ccccc2n1-c1nc(N2CCOCC2)c2nc(C3CN(C4CCOCC4)C3)n(C)c2n1. The number of imidazole rings is 2. The lowest BCUT2D eigenvalue weighted by atomic mass is 9.94. The molecule has 10 heteroatoms. The van der Waals surface area contributed by atoms with E-state index in [1.807, 2.05) is 12.1 Å². The molecule has 37 heavy (non-hydrogen) atoms. The molecule has 0 saturated carbocycles. The van der Waals surface area contributed by atoms with E-state index < -0.39 is 0 Å². The molecule has 0 aliphatic carbocycles. The van der Waals surface area contributed by atoms with Crippen LogP contribution in [-0.4, -0.2) is 92.6 Å². The van der Waals surface area contributed by atoms with Crippen LogP contribution in [0.3, 0.4) is 0 Å². The molecule has 3 saturated heterocycles. The molecule has 0 atom stereocenters. The molecule has 7 rings (SSSR count). The Morgan fingerprint density at radius 1 is 0.919 bits per heavy atom. The summed E-state index contributed by atoms with van der Waals surface area (Å²) in [7, 11) is 2.11. The Morgan fingerprint density at radius 2 is 1.68 bits per heavy atom. The number of nitrogens with zero attached hydrogens (tertiary/aromatic N) is 8. The summed E-state index contributed by atoms with van der Waals surface area (Å²) in [4.78, 5) is 25.2. The number of aromatic nitrogens is 6. The minimum absolute atomic E-state index is 0.406. The maximum Gasteiger partial charge on any atom is 0.239 e. The van der Waals surface area contributed by atoms with Crippen molar-refractivity contribution in [3.05, 3.63) is 35.9 Å². The van der Waals surface area contributed by atoms with Crippen molar-refractivity contribution in [2.45, 2.75) is 38.1 Å². The quantitative estimate of drug-likeness (QED) is 0.412. The Labute approximate surface area is 216 Å². The van der Waals surface area contributed by atoms with Crippen LogP contribution < -0.4 is 4.90 Å². The third-order valence-corrected chi connectivity index (χ3v) is 8.16. The maximum absolute atomic E-state index is 5.65. The number of rotatable bonds is 5. The fourth-order valence-electron chi connectivity index (χ4n) is 6.07. The van der Waals surface area contributed by atoms with Crippen LogP contribution in [0, 0.1) is 0 Å². The van der Waals surface area contributed by atoms with Gasteiger partial charge in [-0.1, -0.05) is 19.1 Å². The van der Waals surface area contributed by atoms with Gasteiger partial charge in [0.05, 0.1) is 24.2 Å². The number of morpholine rings is 1. The second-order valence-electron chi connectivity index (χ2n) is 10.3. The smallest absolute Gasteiger partial charge is 0.239 e. The summed E-state index contributed by atoms with van der Waals surface area (Å²) >= 11 is 0. The van der Waals surface area contributed by atoms with Crippen molar-refractivity contribution >= 4 is 28.0 Å². The molecule has 0 unspecified atom stereocenters. The maximum atomic E-state index is 5.65. The lowest BCUT2D eigenvalue weighted by molar-refractivity contribution is 0.0000148. The summed E-state index contributed by atoms with van der Waals surface area (Å²) in [5.74, 6) is 4.02. The number of hydrogen-bond acceptors (Lipinski definition) is 8. The zero-order valence-corrected chi connectivity index (χ0v) is 21.6. The van der Waals surface area contributed by atoms with Gasteiger partial charge < -0.3 is 18.9 Å². The lowest BCUT2D eigenvalue weighted by Crippen LogP contribution is -2.52. The minimum atomic E-state index is 0.406. The molecule has 0 bridgehead atoms. The zero-order chi connectivity index (χ0) is 24.9. The third-order valence-electron chi connectivity index (χ3n) is 8.16. The molecule has 0 N–H and O–H groups in total. The molecule has 194 valence electrons. The molecule has 1 aromatic carbocycles. The molecule has 3 aliphatic heterocycles. The van der Waals surface area contributed by atoms with Gasteiger partial charge in [-0.15, -0.1) is 0 Å².